The van der Waals surface area contributed by atoms with Gasteiger partial charge in [0, 0.05) is 18.5 Å². The predicted octanol–water partition coefficient (Wildman–Crippen LogP) is 1.63. The van der Waals surface area contributed by atoms with Gasteiger partial charge in [-0.15, -0.1) is 0 Å². The Bertz CT molecular complexity index is 352. The molecule has 0 spiro atoms. The van der Waals surface area contributed by atoms with Crippen molar-refractivity contribution in [2.45, 2.75) is 6.42 Å². The fraction of sp³-hybridized carbons (Fsp3) is 0.364. The number of halogens is 1. The van der Waals surface area contributed by atoms with Crippen LogP contribution in [0.5, 0.6) is 5.75 Å². The van der Waals surface area contributed by atoms with E-state index < -0.39 is 5.82 Å². The Morgan fingerprint density at radius 2 is 2.27 bits per heavy atom. The van der Waals surface area contributed by atoms with Crippen molar-refractivity contribution in [3.05, 3.63) is 29.6 Å². The molecule has 0 atom stereocenters. The van der Waals surface area contributed by atoms with E-state index in [1.807, 2.05) is 0 Å². The van der Waals surface area contributed by atoms with Crippen LogP contribution in [0.1, 0.15) is 16.8 Å². The Morgan fingerprint density at radius 3 is 2.80 bits per heavy atom. The van der Waals surface area contributed by atoms with Gasteiger partial charge in [-0.1, -0.05) is 0 Å². The molecule has 0 aliphatic carbocycles. The Labute approximate surface area is 88.2 Å². The zero-order chi connectivity index (χ0) is 11.3. The van der Waals surface area contributed by atoms with E-state index in [0.717, 1.165) is 0 Å². The van der Waals surface area contributed by atoms with Gasteiger partial charge in [0.15, 0.2) is 17.3 Å². The van der Waals surface area contributed by atoms with Crippen LogP contribution >= 0.6 is 0 Å². The largest absolute Gasteiger partial charge is 0.494 e. The quantitative estimate of drug-likeness (QED) is 0.752. The van der Waals surface area contributed by atoms with Crippen molar-refractivity contribution in [3.63, 3.8) is 0 Å². The van der Waals surface area contributed by atoms with Crippen LogP contribution < -0.4 is 10.1 Å². The molecular weight excluding hydrogens is 197 g/mol. The van der Waals surface area contributed by atoms with Crippen LogP contribution in [-0.2, 0) is 0 Å². The lowest BCUT2D eigenvalue weighted by Gasteiger charge is -2.04. The van der Waals surface area contributed by atoms with Gasteiger partial charge in [0.25, 0.3) is 0 Å². The number of hydrogen-bond donors (Lipinski definition) is 1. The Morgan fingerprint density at radius 1 is 1.53 bits per heavy atom. The molecule has 1 rings (SSSR count). The molecule has 82 valence electrons. The Hall–Kier alpha value is -1.42. The molecule has 0 radical (unpaired) electrons. The molecule has 0 aliphatic heterocycles. The molecule has 3 nitrogen and oxygen atoms in total. The molecule has 0 aromatic heterocycles. The van der Waals surface area contributed by atoms with Crippen LogP contribution in [0.3, 0.4) is 0 Å². The van der Waals surface area contributed by atoms with Crippen molar-refractivity contribution in [2.24, 2.45) is 0 Å². The Kier molecular flexibility index (Phi) is 4.24. The van der Waals surface area contributed by atoms with Gasteiger partial charge in [-0.2, -0.15) is 0 Å². The molecule has 1 N–H and O–H groups in total. The monoisotopic (exact) mass is 211 g/mol. The van der Waals surface area contributed by atoms with Gasteiger partial charge in [-0.25, -0.2) is 4.39 Å². The second kappa shape index (κ2) is 5.46. The molecule has 0 fully saturated rings. The molecule has 0 amide bonds. The van der Waals surface area contributed by atoms with Gasteiger partial charge in [0.2, 0.25) is 0 Å². The van der Waals surface area contributed by atoms with E-state index in [-0.39, 0.29) is 11.5 Å². The fourth-order valence-corrected chi connectivity index (χ4v) is 1.22. The molecule has 15 heavy (non-hydrogen) atoms. The number of Topliss-reactive ketones (excluding diaryl/α,β-unsaturated/α-hetero) is 1. The first-order valence-electron chi connectivity index (χ1n) is 4.70. The van der Waals surface area contributed by atoms with Crippen molar-refractivity contribution in [1.82, 2.24) is 5.32 Å². The molecule has 1 aromatic rings. The summed E-state index contributed by atoms with van der Waals surface area (Å²) in [6, 6.07) is 4.23. The Balaban J connectivity index is 2.78. The molecule has 0 aliphatic rings. The number of hydrogen-bond acceptors (Lipinski definition) is 3. The number of carbonyl (C=O) groups is 1. The maximum absolute atomic E-state index is 13.2. The number of carbonyl (C=O) groups excluding carboxylic acids is 1. The molecule has 0 heterocycles. The van der Waals surface area contributed by atoms with E-state index in [2.05, 4.69) is 5.32 Å². The second-order valence-corrected chi connectivity index (χ2v) is 3.13. The zero-order valence-corrected chi connectivity index (χ0v) is 8.84. The van der Waals surface area contributed by atoms with Gasteiger partial charge in [-0.05, 0) is 25.2 Å². The number of nitrogens with one attached hydrogen (secondary N) is 1. The van der Waals surface area contributed by atoms with Crippen molar-refractivity contribution in [1.29, 1.82) is 0 Å². The molecule has 1 aromatic carbocycles. The smallest absolute Gasteiger partial charge is 0.165 e. The number of benzene rings is 1. The molecule has 0 unspecified atom stereocenters. The van der Waals surface area contributed by atoms with E-state index >= 15 is 0 Å². The van der Waals surface area contributed by atoms with Gasteiger partial charge >= 0.3 is 0 Å². The SMILES string of the molecule is CNCCC(=O)c1ccc(OC)c(F)c1. The predicted molar refractivity (Wildman–Crippen MR) is 55.8 cm³/mol. The summed E-state index contributed by atoms with van der Waals surface area (Å²) in [5.74, 6) is -0.432. The van der Waals surface area contributed by atoms with E-state index in [0.29, 0.717) is 18.5 Å². The second-order valence-electron chi connectivity index (χ2n) is 3.13. The van der Waals surface area contributed by atoms with Gasteiger partial charge < -0.3 is 10.1 Å². The molecule has 0 bridgehead atoms. The lowest BCUT2D eigenvalue weighted by molar-refractivity contribution is 0.0982. The average molecular weight is 211 g/mol. The van der Waals surface area contributed by atoms with Gasteiger partial charge in [0.1, 0.15) is 0 Å². The van der Waals surface area contributed by atoms with E-state index in [1.165, 1.54) is 19.2 Å². The third-order valence-electron chi connectivity index (χ3n) is 2.08. The highest BCUT2D eigenvalue weighted by atomic mass is 19.1. The van der Waals surface area contributed by atoms with E-state index in [9.17, 15) is 9.18 Å². The first kappa shape index (κ1) is 11.7. The normalized spacial score (nSPS) is 10.1. The molecular formula is C11H14FNO2. The summed E-state index contributed by atoms with van der Waals surface area (Å²) in [5, 5.41) is 2.87. The van der Waals surface area contributed by atoms with Crippen molar-refractivity contribution in [2.75, 3.05) is 20.7 Å². The maximum atomic E-state index is 13.2. The maximum Gasteiger partial charge on any atom is 0.165 e. The van der Waals surface area contributed by atoms with Crippen molar-refractivity contribution >= 4 is 5.78 Å². The number of rotatable bonds is 5. The first-order valence-corrected chi connectivity index (χ1v) is 4.70. The van der Waals surface area contributed by atoms with Crippen molar-refractivity contribution < 1.29 is 13.9 Å². The summed E-state index contributed by atoms with van der Waals surface area (Å²) in [7, 11) is 3.16. The van der Waals surface area contributed by atoms with Gasteiger partial charge in [0.05, 0.1) is 7.11 Å². The summed E-state index contributed by atoms with van der Waals surface area (Å²) in [5.41, 5.74) is 0.378. The first-order chi connectivity index (χ1) is 7.19. The van der Waals surface area contributed by atoms with Crippen LogP contribution in [0.2, 0.25) is 0 Å². The number of ketones is 1. The number of methoxy groups -OCH3 is 1. The number of ether oxygens (including phenoxy) is 1. The minimum absolute atomic E-state index is 0.0779. The summed E-state index contributed by atoms with van der Waals surface area (Å²) in [6.07, 6.45) is 0.363. The topological polar surface area (TPSA) is 38.3 Å². The minimum Gasteiger partial charge on any atom is -0.494 e. The zero-order valence-electron chi connectivity index (χ0n) is 8.84. The third kappa shape index (κ3) is 3.02. The molecule has 0 saturated heterocycles. The average Bonchev–Trinajstić information content (AvgIpc) is 2.25. The van der Waals surface area contributed by atoms with E-state index in [1.54, 1.807) is 13.1 Å². The summed E-state index contributed by atoms with van der Waals surface area (Å²) >= 11 is 0. The van der Waals surface area contributed by atoms with Crippen LogP contribution in [0.25, 0.3) is 0 Å². The standard InChI is InChI=1S/C11H14FNO2/c1-13-6-5-10(14)8-3-4-11(15-2)9(12)7-8/h3-4,7,13H,5-6H2,1-2H3. The summed E-state index contributed by atoms with van der Waals surface area (Å²) in [6.45, 7) is 0.590. The molecule has 4 heteroatoms. The lowest BCUT2D eigenvalue weighted by atomic mass is 10.1. The highest BCUT2D eigenvalue weighted by Gasteiger charge is 2.09. The minimum atomic E-state index is -0.507. The highest BCUT2D eigenvalue weighted by Crippen LogP contribution is 2.18. The van der Waals surface area contributed by atoms with Crippen LogP contribution in [0.15, 0.2) is 18.2 Å². The lowest BCUT2D eigenvalue weighted by Crippen LogP contribution is -2.13. The van der Waals surface area contributed by atoms with Gasteiger partial charge in [-0.3, -0.25) is 4.79 Å². The fourth-order valence-electron chi connectivity index (χ4n) is 1.22. The summed E-state index contributed by atoms with van der Waals surface area (Å²) < 4.78 is 18.0. The van der Waals surface area contributed by atoms with Crippen LogP contribution in [-0.4, -0.2) is 26.5 Å². The van der Waals surface area contributed by atoms with Crippen molar-refractivity contribution in [3.8, 4) is 5.75 Å². The highest BCUT2D eigenvalue weighted by molar-refractivity contribution is 5.96. The summed E-state index contributed by atoms with van der Waals surface area (Å²) in [4.78, 5) is 11.5. The molecule has 0 saturated carbocycles. The van der Waals surface area contributed by atoms with Crippen LogP contribution in [0, 0.1) is 5.82 Å². The van der Waals surface area contributed by atoms with E-state index in [4.69, 9.17) is 4.74 Å². The van der Waals surface area contributed by atoms with Crippen LogP contribution in [0.4, 0.5) is 4.39 Å². The third-order valence-corrected chi connectivity index (χ3v) is 2.08.